The largest absolute Gasteiger partial charge is 0.456 e. The zero-order valence-corrected chi connectivity index (χ0v) is 13.0. The first-order valence-electron chi connectivity index (χ1n) is 7.74. The van der Waals surface area contributed by atoms with E-state index in [-0.39, 0.29) is 18.0 Å². The molecule has 0 amide bonds. The van der Waals surface area contributed by atoms with E-state index in [0.717, 1.165) is 30.5 Å². The molecule has 2 aromatic rings. The van der Waals surface area contributed by atoms with Crippen molar-refractivity contribution in [1.82, 2.24) is 5.32 Å². The Bertz CT molecular complexity index is 567. The van der Waals surface area contributed by atoms with E-state index in [2.05, 4.69) is 19.2 Å². The second-order valence-corrected chi connectivity index (χ2v) is 5.14. The van der Waals surface area contributed by atoms with Crippen molar-refractivity contribution in [2.45, 2.75) is 45.8 Å². The summed E-state index contributed by atoms with van der Waals surface area (Å²) in [6.07, 6.45) is 1.91. The molecule has 1 heterocycles. The van der Waals surface area contributed by atoms with Gasteiger partial charge in [0, 0.05) is 12.0 Å². The van der Waals surface area contributed by atoms with Crippen molar-refractivity contribution >= 4 is 11.0 Å². The molecule has 1 aromatic carbocycles. The van der Waals surface area contributed by atoms with Gasteiger partial charge >= 0.3 is 0 Å². The number of benzene rings is 1. The Kier molecular flexibility index (Phi) is 5.76. The van der Waals surface area contributed by atoms with E-state index in [4.69, 9.17) is 9.15 Å². The molecule has 116 valence electrons. The number of para-hydroxylation sites is 1. The van der Waals surface area contributed by atoms with Crippen LogP contribution in [0.5, 0.6) is 0 Å². The highest BCUT2D eigenvalue weighted by Gasteiger charge is 2.25. The lowest BCUT2D eigenvalue weighted by Crippen LogP contribution is -2.33. The van der Waals surface area contributed by atoms with Gasteiger partial charge in [0.25, 0.3) is 0 Å². The first-order chi connectivity index (χ1) is 10.2. The molecule has 3 nitrogen and oxygen atoms in total. The Morgan fingerprint density at radius 3 is 2.71 bits per heavy atom. The van der Waals surface area contributed by atoms with Crippen LogP contribution >= 0.6 is 0 Å². The van der Waals surface area contributed by atoms with Crippen LogP contribution in [0.25, 0.3) is 11.0 Å². The summed E-state index contributed by atoms with van der Waals surface area (Å²) < 4.78 is 25.4. The maximum Gasteiger partial charge on any atom is 0.169 e. The molecule has 21 heavy (non-hydrogen) atoms. The van der Waals surface area contributed by atoms with Gasteiger partial charge < -0.3 is 14.5 Å². The van der Waals surface area contributed by atoms with Crippen LogP contribution in [-0.4, -0.2) is 19.3 Å². The third-order valence-corrected chi connectivity index (χ3v) is 3.59. The van der Waals surface area contributed by atoms with Crippen LogP contribution in [0.4, 0.5) is 4.39 Å². The van der Waals surface area contributed by atoms with Crippen molar-refractivity contribution in [3.63, 3.8) is 0 Å². The molecule has 0 radical (unpaired) electrons. The molecule has 2 unspecified atom stereocenters. The van der Waals surface area contributed by atoms with Gasteiger partial charge in [-0.15, -0.1) is 0 Å². The smallest absolute Gasteiger partial charge is 0.169 e. The SMILES string of the molecule is CCCNC(c1cc2cccc(F)c2o1)C(CC)OCC. The number of hydrogen-bond donors (Lipinski definition) is 1. The monoisotopic (exact) mass is 293 g/mol. The van der Waals surface area contributed by atoms with E-state index in [1.807, 2.05) is 19.1 Å². The summed E-state index contributed by atoms with van der Waals surface area (Å²) in [6, 6.07) is 6.84. The Morgan fingerprint density at radius 1 is 1.29 bits per heavy atom. The molecule has 0 saturated heterocycles. The van der Waals surface area contributed by atoms with Crippen LogP contribution in [0.15, 0.2) is 28.7 Å². The third kappa shape index (κ3) is 3.63. The molecule has 1 N–H and O–H groups in total. The van der Waals surface area contributed by atoms with E-state index >= 15 is 0 Å². The third-order valence-electron chi connectivity index (χ3n) is 3.59. The maximum absolute atomic E-state index is 13.8. The number of hydrogen-bond acceptors (Lipinski definition) is 3. The lowest BCUT2D eigenvalue weighted by atomic mass is 10.1. The minimum atomic E-state index is -0.322. The van der Waals surface area contributed by atoms with Gasteiger partial charge in [-0.25, -0.2) is 4.39 Å². The molecule has 4 heteroatoms. The molecule has 0 bridgehead atoms. The fourth-order valence-electron chi connectivity index (χ4n) is 2.58. The quantitative estimate of drug-likeness (QED) is 0.782. The van der Waals surface area contributed by atoms with Gasteiger partial charge in [-0.05, 0) is 38.4 Å². The van der Waals surface area contributed by atoms with Gasteiger partial charge in [0.2, 0.25) is 0 Å². The predicted octanol–water partition coefficient (Wildman–Crippen LogP) is 4.43. The van der Waals surface area contributed by atoms with Crippen molar-refractivity contribution in [3.05, 3.63) is 35.8 Å². The van der Waals surface area contributed by atoms with Crippen LogP contribution in [-0.2, 0) is 4.74 Å². The predicted molar refractivity (Wildman–Crippen MR) is 82.9 cm³/mol. The zero-order valence-electron chi connectivity index (χ0n) is 13.0. The first kappa shape index (κ1) is 16.0. The molecule has 0 aliphatic heterocycles. The van der Waals surface area contributed by atoms with Gasteiger partial charge in [-0.3, -0.25) is 0 Å². The average Bonchev–Trinajstić information content (AvgIpc) is 2.91. The van der Waals surface area contributed by atoms with Crippen molar-refractivity contribution < 1.29 is 13.5 Å². The Morgan fingerprint density at radius 2 is 2.10 bits per heavy atom. The van der Waals surface area contributed by atoms with Crippen LogP contribution in [0.1, 0.15) is 45.4 Å². The standard InChI is InChI=1S/C17H24FNO2/c1-4-10-19-16(14(5-2)20-6-3)15-11-12-8-7-9-13(18)17(12)21-15/h7-9,11,14,16,19H,4-6,10H2,1-3H3. The number of ether oxygens (including phenoxy) is 1. The summed E-state index contributed by atoms with van der Waals surface area (Å²) in [5.74, 6) is 0.418. The van der Waals surface area contributed by atoms with E-state index in [0.29, 0.717) is 12.2 Å². The minimum Gasteiger partial charge on any atom is -0.456 e. The molecule has 0 aliphatic carbocycles. The number of nitrogens with one attached hydrogen (secondary N) is 1. The lowest BCUT2D eigenvalue weighted by molar-refractivity contribution is 0.0262. The maximum atomic E-state index is 13.8. The number of rotatable bonds is 8. The highest BCUT2D eigenvalue weighted by Crippen LogP contribution is 2.29. The summed E-state index contributed by atoms with van der Waals surface area (Å²) in [5.41, 5.74) is 0.321. The fraction of sp³-hybridized carbons (Fsp3) is 0.529. The first-order valence-corrected chi connectivity index (χ1v) is 7.74. The fourth-order valence-corrected chi connectivity index (χ4v) is 2.58. The van der Waals surface area contributed by atoms with E-state index in [1.165, 1.54) is 6.07 Å². The van der Waals surface area contributed by atoms with Crippen molar-refractivity contribution in [1.29, 1.82) is 0 Å². The molecule has 2 rings (SSSR count). The van der Waals surface area contributed by atoms with Gasteiger partial charge in [-0.2, -0.15) is 0 Å². The normalized spacial score (nSPS) is 14.5. The van der Waals surface area contributed by atoms with E-state index in [1.54, 1.807) is 6.07 Å². The highest BCUT2D eigenvalue weighted by molar-refractivity contribution is 5.78. The number of halogens is 1. The molecule has 0 aliphatic rings. The minimum absolute atomic E-state index is 0.0187. The topological polar surface area (TPSA) is 34.4 Å². The van der Waals surface area contributed by atoms with Crippen molar-refractivity contribution in [3.8, 4) is 0 Å². The molecule has 2 atom stereocenters. The van der Waals surface area contributed by atoms with Gasteiger partial charge in [0.1, 0.15) is 5.76 Å². The molecule has 0 fully saturated rings. The average molecular weight is 293 g/mol. The van der Waals surface area contributed by atoms with Gasteiger partial charge in [-0.1, -0.05) is 26.0 Å². The van der Waals surface area contributed by atoms with Gasteiger partial charge in [0.15, 0.2) is 11.4 Å². The van der Waals surface area contributed by atoms with Crippen molar-refractivity contribution in [2.75, 3.05) is 13.2 Å². The zero-order chi connectivity index (χ0) is 15.2. The van der Waals surface area contributed by atoms with E-state index in [9.17, 15) is 4.39 Å². The molecular formula is C17H24FNO2. The molecular weight excluding hydrogens is 269 g/mol. The second-order valence-electron chi connectivity index (χ2n) is 5.14. The highest BCUT2D eigenvalue weighted by atomic mass is 19.1. The summed E-state index contributed by atoms with van der Waals surface area (Å²) in [4.78, 5) is 0. The van der Waals surface area contributed by atoms with Crippen LogP contribution < -0.4 is 5.32 Å². The molecule has 0 spiro atoms. The summed E-state index contributed by atoms with van der Waals surface area (Å²) in [6.45, 7) is 7.71. The lowest BCUT2D eigenvalue weighted by Gasteiger charge is -2.25. The molecule has 0 saturated carbocycles. The van der Waals surface area contributed by atoms with Crippen LogP contribution in [0.3, 0.4) is 0 Å². The second kappa shape index (κ2) is 7.57. The Labute approximate surface area is 125 Å². The van der Waals surface area contributed by atoms with Crippen molar-refractivity contribution in [2.24, 2.45) is 0 Å². The number of furan rings is 1. The Hall–Kier alpha value is -1.39. The molecule has 1 aromatic heterocycles. The van der Waals surface area contributed by atoms with Crippen LogP contribution in [0.2, 0.25) is 0 Å². The van der Waals surface area contributed by atoms with Gasteiger partial charge in [0.05, 0.1) is 12.1 Å². The van der Waals surface area contributed by atoms with Crippen LogP contribution in [0, 0.1) is 5.82 Å². The summed E-state index contributed by atoms with van der Waals surface area (Å²) in [7, 11) is 0. The summed E-state index contributed by atoms with van der Waals surface area (Å²) in [5, 5.41) is 4.25. The van der Waals surface area contributed by atoms with E-state index < -0.39 is 0 Å². The number of fused-ring (bicyclic) bond motifs is 1. The Balaban J connectivity index is 2.34. The summed E-state index contributed by atoms with van der Waals surface area (Å²) >= 11 is 0.